The molecule has 0 bridgehead atoms. The number of carbonyl (C=O) groups is 1. The van der Waals surface area contributed by atoms with Crippen molar-refractivity contribution in [2.75, 3.05) is 11.1 Å². The number of aromatic amines is 1. The number of rotatable bonds is 6. The number of hydrogen-bond donors (Lipinski definition) is 2. The lowest BCUT2D eigenvalue weighted by Gasteiger charge is -2.02. The lowest BCUT2D eigenvalue weighted by molar-refractivity contribution is -0.113. The third kappa shape index (κ3) is 5.29. The van der Waals surface area contributed by atoms with Gasteiger partial charge in [0.05, 0.1) is 5.75 Å². The van der Waals surface area contributed by atoms with Gasteiger partial charge in [-0.05, 0) is 35.9 Å². The summed E-state index contributed by atoms with van der Waals surface area (Å²) in [6, 6.07) is 15.4. The molecule has 2 N–H and O–H groups in total. The van der Waals surface area contributed by atoms with Gasteiger partial charge in [-0.15, -0.1) is 5.10 Å². The van der Waals surface area contributed by atoms with E-state index in [0.29, 0.717) is 11.0 Å². The van der Waals surface area contributed by atoms with Gasteiger partial charge in [0, 0.05) is 5.69 Å². The number of para-hydroxylation sites is 1. The number of nitrogens with one attached hydrogen (secondary N) is 2. The molecule has 2 aromatic carbocycles. The van der Waals surface area contributed by atoms with Crippen LogP contribution in [0.4, 0.5) is 10.1 Å². The van der Waals surface area contributed by atoms with E-state index in [9.17, 15) is 9.18 Å². The fraction of sp³-hybridized carbons (Fsp3) is 0.0556. The van der Waals surface area contributed by atoms with Crippen LogP contribution >= 0.6 is 11.8 Å². The second kappa shape index (κ2) is 8.25. The van der Waals surface area contributed by atoms with Gasteiger partial charge in [0.2, 0.25) is 11.1 Å². The van der Waals surface area contributed by atoms with Crippen LogP contribution in [0.2, 0.25) is 0 Å². The van der Waals surface area contributed by atoms with Crippen molar-refractivity contribution < 1.29 is 9.18 Å². The molecule has 1 aromatic heterocycles. The molecular weight excluding hydrogens is 339 g/mol. The minimum absolute atomic E-state index is 0.121. The van der Waals surface area contributed by atoms with Crippen LogP contribution in [0.1, 0.15) is 11.4 Å². The SMILES string of the molecule is O=C(CSc1n[nH]c(C=Cc2ccc(F)cc2)n1)Nc1ccccc1. The van der Waals surface area contributed by atoms with Gasteiger partial charge < -0.3 is 5.32 Å². The van der Waals surface area contributed by atoms with E-state index >= 15 is 0 Å². The van der Waals surface area contributed by atoms with Crippen LogP contribution < -0.4 is 5.32 Å². The number of hydrogen-bond acceptors (Lipinski definition) is 4. The van der Waals surface area contributed by atoms with Crippen molar-refractivity contribution in [2.24, 2.45) is 0 Å². The topological polar surface area (TPSA) is 70.7 Å². The molecule has 0 saturated carbocycles. The third-order valence-corrected chi connectivity index (χ3v) is 4.02. The minimum Gasteiger partial charge on any atom is -0.325 e. The number of aromatic nitrogens is 3. The first-order valence-electron chi connectivity index (χ1n) is 7.53. The van der Waals surface area contributed by atoms with Gasteiger partial charge in [0.15, 0.2) is 0 Å². The Labute approximate surface area is 148 Å². The van der Waals surface area contributed by atoms with E-state index in [1.54, 1.807) is 24.3 Å². The maximum Gasteiger partial charge on any atom is 0.234 e. The molecule has 3 aromatic rings. The van der Waals surface area contributed by atoms with Crippen LogP contribution in [0.5, 0.6) is 0 Å². The molecule has 1 amide bonds. The summed E-state index contributed by atoms with van der Waals surface area (Å²) in [4.78, 5) is 16.2. The Morgan fingerprint density at radius 2 is 1.88 bits per heavy atom. The van der Waals surface area contributed by atoms with Crippen LogP contribution in [0.25, 0.3) is 12.2 Å². The second-order valence-electron chi connectivity index (χ2n) is 5.09. The second-order valence-corrected chi connectivity index (χ2v) is 6.03. The fourth-order valence-corrected chi connectivity index (χ4v) is 2.60. The quantitative estimate of drug-likeness (QED) is 0.660. The highest BCUT2D eigenvalue weighted by atomic mass is 32.2. The van der Waals surface area contributed by atoms with E-state index in [0.717, 1.165) is 11.3 Å². The van der Waals surface area contributed by atoms with Gasteiger partial charge in [0.25, 0.3) is 0 Å². The van der Waals surface area contributed by atoms with Crippen molar-refractivity contribution in [1.29, 1.82) is 0 Å². The van der Waals surface area contributed by atoms with Crippen molar-refractivity contribution in [1.82, 2.24) is 15.2 Å². The molecule has 3 rings (SSSR count). The molecular formula is C18H15FN4OS. The molecule has 0 aliphatic carbocycles. The summed E-state index contributed by atoms with van der Waals surface area (Å²) < 4.78 is 12.9. The van der Waals surface area contributed by atoms with Gasteiger partial charge in [0.1, 0.15) is 11.6 Å². The summed E-state index contributed by atoms with van der Waals surface area (Å²) in [5.74, 6) is 0.386. The van der Waals surface area contributed by atoms with E-state index < -0.39 is 0 Å². The molecule has 0 atom stereocenters. The van der Waals surface area contributed by atoms with Crippen molar-refractivity contribution >= 4 is 35.5 Å². The van der Waals surface area contributed by atoms with Gasteiger partial charge in [-0.2, -0.15) is 0 Å². The maximum atomic E-state index is 12.9. The zero-order valence-corrected chi connectivity index (χ0v) is 14.0. The summed E-state index contributed by atoms with van der Waals surface area (Å²) in [7, 11) is 0. The standard InChI is InChI=1S/C18H15FN4OS/c19-14-9-6-13(7-10-14)8-11-16-21-18(23-22-16)25-12-17(24)20-15-4-2-1-3-5-15/h1-11H,12H2,(H,20,24)(H,21,22,23). The highest BCUT2D eigenvalue weighted by Gasteiger charge is 2.07. The summed E-state index contributed by atoms with van der Waals surface area (Å²) in [6.07, 6.45) is 3.55. The molecule has 0 radical (unpaired) electrons. The van der Waals surface area contributed by atoms with Crippen molar-refractivity contribution in [3.63, 3.8) is 0 Å². The van der Waals surface area contributed by atoms with E-state index in [-0.39, 0.29) is 17.5 Å². The molecule has 25 heavy (non-hydrogen) atoms. The Hall–Kier alpha value is -2.93. The fourth-order valence-electron chi connectivity index (χ4n) is 1.99. The number of nitrogens with zero attached hydrogens (tertiary/aromatic N) is 2. The molecule has 0 fully saturated rings. The number of halogens is 1. The smallest absolute Gasteiger partial charge is 0.234 e. The predicted octanol–water partition coefficient (Wildman–Crippen LogP) is 3.85. The Bertz CT molecular complexity index is 862. The third-order valence-electron chi connectivity index (χ3n) is 3.18. The number of anilines is 1. The molecule has 0 spiro atoms. The Morgan fingerprint density at radius 1 is 1.12 bits per heavy atom. The number of amides is 1. The van der Waals surface area contributed by atoms with Crippen LogP contribution in [-0.2, 0) is 4.79 Å². The first-order chi connectivity index (χ1) is 12.2. The highest BCUT2D eigenvalue weighted by Crippen LogP contribution is 2.14. The maximum absolute atomic E-state index is 12.9. The number of thioether (sulfide) groups is 1. The zero-order valence-electron chi connectivity index (χ0n) is 13.1. The first kappa shape index (κ1) is 16.9. The molecule has 126 valence electrons. The molecule has 0 aliphatic rings. The summed E-state index contributed by atoms with van der Waals surface area (Å²) >= 11 is 1.24. The monoisotopic (exact) mass is 354 g/mol. The molecule has 0 saturated heterocycles. The number of benzene rings is 2. The minimum atomic E-state index is -0.274. The van der Waals surface area contributed by atoms with Crippen LogP contribution in [0.15, 0.2) is 59.8 Å². The largest absolute Gasteiger partial charge is 0.325 e. The molecule has 0 aliphatic heterocycles. The summed E-state index contributed by atoms with van der Waals surface area (Å²) in [6.45, 7) is 0. The average molecular weight is 354 g/mol. The molecule has 7 heteroatoms. The number of carbonyl (C=O) groups excluding carboxylic acids is 1. The zero-order chi connectivity index (χ0) is 17.5. The van der Waals surface area contributed by atoms with Crippen LogP contribution in [0.3, 0.4) is 0 Å². The predicted molar refractivity (Wildman–Crippen MR) is 97.5 cm³/mol. The van der Waals surface area contributed by atoms with E-state index in [1.807, 2.05) is 30.3 Å². The van der Waals surface area contributed by atoms with Crippen molar-refractivity contribution in [2.45, 2.75) is 5.16 Å². The Morgan fingerprint density at radius 3 is 2.64 bits per heavy atom. The van der Waals surface area contributed by atoms with Gasteiger partial charge in [-0.3, -0.25) is 9.89 Å². The van der Waals surface area contributed by atoms with E-state index in [2.05, 4.69) is 20.5 Å². The lowest BCUT2D eigenvalue weighted by Crippen LogP contribution is -2.13. The van der Waals surface area contributed by atoms with Crippen LogP contribution in [-0.4, -0.2) is 26.8 Å². The van der Waals surface area contributed by atoms with Gasteiger partial charge >= 0.3 is 0 Å². The van der Waals surface area contributed by atoms with Crippen LogP contribution in [0, 0.1) is 5.82 Å². The Balaban J connectivity index is 1.51. The molecule has 0 unspecified atom stereocenters. The van der Waals surface area contributed by atoms with E-state index in [1.165, 1.54) is 23.9 Å². The van der Waals surface area contributed by atoms with Crippen molar-refractivity contribution in [3.05, 3.63) is 71.8 Å². The van der Waals surface area contributed by atoms with Crippen molar-refractivity contribution in [3.8, 4) is 0 Å². The molecule has 1 heterocycles. The normalized spacial score (nSPS) is 10.9. The first-order valence-corrected chi connectivity index (χ1v) is 8.51. The molecule has 5 nitrogen and oxygen atoms in total. The summed E-state index contributed by atoms with van der Waals surface area (Å²) in [5.41, 5.74) is 1.61. The highest BCUT2D eigenvalue weighted by molar-refractivity contribution is 7.99. The Kier molecular flexibility index (Phi) is 5.58. The average Bonchev–Trinajstić information content (AvgIpc) is 3.08. The van der Waals surface area contributed by atoms with E-state index in [4.69, 9.17) is 0 Å². The van der Waals surface area contributed by atoms with Gasteiger partial charge in [-0.25, -0.2) is 9.37 Å². The lowest BCUT2D eigenvalue weighted by atomic mass is 10.2. The summed E-state index contributed by atoms with van der Waals surface area (Å²) in [5, 5.41) is 10.1. The van der Waals surface area contributed by atoms with Gasteiger partial charge in [-0.1, -0.05) is 48.2 Å². The number of H-pyrrole nitrogens is 1.